The molecule has 0 aromatic heterocycles. The third kappa shape index (κ3) is 12.0. The molecule has 4 heteroatoms. The van der Waals surface area contributed by atoms with Gasteiger partial charge < -0.3 is 9.47 Å². The molecule has 0 heterocycles. The smallest absolute Gasteiger partial charge is 0.306 e. The molecule has 0 N–H and O–H groups in total. The molecule has 0 aromatic rings. The molecule has 0 rings (SSSR count). The number of hydrogen-bond donors (Lipinski definition) is 0. The van der Waals surface area contributed by atoms with Crippen molar-refractivity contribution in [1.82, 2.24) is 0 Å². The molecule has 0 saturated heterocycles. The standard InChI is InChI=1S/C16H30O4/c1-5-6-7-8-11-19-15(17)9-10-16(18)20-14(4)12-13(2)3/h13-14H,5-12H2,1-4H3. The third-order valence-corrected chi connectivity index (χ3v) is 2.93. The van der Waals surface area contributed by atoms with Gasteiger partial charge in [-0.1, -0.05) is 40.0 Å². The number of esters is 2. The summed E-state index contributed by atoms with van der Waals surface area (Å²) in [4.78, 5) is 22.9. The molecule has 0 saturated carbocycles. The Bertz CT molecular complexity index is 274. The van der Waals surface area contributed by atoms with Gasteiger partial charge in [-0.15, -0.1) is 0 Å². The van der Waals surface area contributed by atoms with E-state index >= 15 is 0 Å². The molecule has 0 aliphatic heterocycles. The zero-order chi connectivity index (χ0) is 15.4. The Kier molecular flexibility index (Phi) is 11.1. The van der Waals surface area contributed by atoms with Gasteiger partial charge in [-0.3, -0.25) is 9.59 Å². The number of unbranched alkanes of at least 4 members (excludes halogenated alkanes) is 3. The second-order valence-corrected chi connectivity index (χ2v) is 5.71. The summed E-state index contributed by atoms with van der Waals surface area (Å²) in [5.74, 6) is -0.137. The lowest BCUT2D eigenvalue weighted by atomic mass is 10.1. The lowest BCUT2D eigenvalue weighted by Gasteiger charge is -2.14. The summed E-state index contributed by atoms with van der Waals surface area (Å²) >= 11 is 0. The molecule has 0 aromatic carbocycles. The van der Waals surface area contributed by atoms with E-state index < -0.39 is 0 Å². The average Bonchev–Trinajstić information content (AvgIpc) is 2.35. The van der Waals surface area contributed by atoms with E-state index in [4.69, 9.17) is 9.47 Å². The molecule has 1 unspecified atom stereocenters. The fourth-order valence-corrected chi connectivity index (χ4v) is 1.99. The van der Waals surface area contributed by atoms with E-state index in [-0.39, 0.29) is 30.9 Å². The molecule has 0 spiro atoms. The van der Waals surface area contributed by atoms with Crippen LogP contribution in [0.3, 0.4) is 0 Å². The fraction of sp³-hybridized carbons (Fsp3) is 0.875. The predicted octanol–water partition coefficient (Wildman–Crippen LogP) is 3.87. The fourth-order valence-electron chi connectivity index (χ4n) is 1.99. The molecule has 1 atom stereocenters. The van der Waals surface area contributed by atoms with Gasteiger partial charge in [0.1, 0.15) is 0 Å². The number of ether oxygens (including phenoxy) is 2. The van der Waals surface area contributed by atoms with Crippen molar-refractivity contribution in [2.24, 2.45) is 5.92 Å². The summed E-state index contributed by atoms with van der Waals surface area (Å²) in [6.45, 7) is 8.64. The molecular formula is C16H30O4. The van der Waals surface area contributed by atoms with Gasteiger partial charge in [-0.05, 0) is 25.7 Å². The van der Waals surface area contributed by atoms with Crippen LogP contribution < -0.4 is 0 Å². The first-order valence-corrected chi connectivity index (χ1v) is 7.80. The predicted molar refractivity (Wildman–Crippen MR) is 79.3 cm³/mol. The van der Waals surface area contributed by atoms with E-state index in [9.17, 15) is 9.59 Å². The maximum absolute atomic E-state index is 11.5. The first-order chi connectivity index (χ1) is 9.45. The zero-order valence-electron chi connectivity index (χ0n) is 13.4. The Morgan fingerprint density at radius 3 is 2.20 bits per heavy atom. The Labute approximate surface area is 123 Å². The van der Waals surface area contributed by atoms with Crippen LogP contribution in [0, 0.1) is 5.92 Å². The Morgan fingerprint density at radius 1 is 0.950 bits per heavy atom. The summed E-state index contributed by atoms with van der Waals surface area (Å²) in [6, 6.07) is 0. The van der Waals surface area contributed by atoms with Crippen molar-refractivity contribution < 1.29 is 19.1 Å². The minimum absolute atomic E-state index is 0.0902. The van der Waals surface area contributed by atoms with Crippen LogP contribution in [0.25, 0.3) is 0 Å². The van der Waals surface area contributed by atoms with E-state index in [1.807, 2.05) is 6.92 Å². The van der Waals surface area contributed by atoms with Crippen LogP contribution in [0.2, 0.25) is 0 Å². The quantitative estimate of drug-likeness (QED) is 0.427. The number of hydrogen-bond acceptors (Lipinski definition) is 4. The van der Waals surface area contributed by atoms with Gasteiger partial charge in [0.2, 0.25) is 0 Å². The van der Waals surface area contributed by atoms with Crippen LogP contribution in [0.5, 0.6) is 0 Å². The second kappa shape index (κ2) is 11.7. The van der Waals surface area contributed by atoms with E-state index in [0.29, 0.717) is 12.5 Å². The second-order valence-electron chi connectivity index (χ2n) is 5.71. The molecular weight excluding hydrogens is 256 g/mol. The highest BCUT2D eigenvalue weighted by atomic mass is 16.5. The summed E-state index contributed by atoms with van der Waals surface area (Å²) in [6.07, 6.45) is 5.28. The van der Waals surface area contributed by atoms with Gasteiger partial charge in [0.05, 0.1) is 25.6 Å². The summed E-state index contributed by atoms with van der Waals surface area (Å²) in [5.41, 5.74) is 0. The largest absolute Gasteiger partial charge is 0.466 e. The van der Waals surface area contributed by atoms with E-state index in [0.717, 1.165) is 32.1 Å². The van der Waals surface area contributed by atoms with Crippen molar-refractivity contribution in [2.45, 2.75) is 78.7 Å². The lowest BCUT2D eigenvalue weighted by Crippen LogP contribution is -2.18. The van der Waals surface area contributed by atoms with Crippen LogP contribution in [0.1, 0.15) is 72.6 Å². The van der Waals surface area contributed by atoms with E-state index in [2.05, 4.69) is 20.8 Å². The number of carbonyl (C=O) groups excluding carboxylic acids is 2. The van der Waals surface area contributed by atoms with Crippen LogP contribution in [-0.2, 0) is 19.1 Å². The van der Waals surface area contributed by atoms with Crippen molar-refractivity contribution in [3.05, 3.63) is 0 Å². The molecule has 0 radical (unpaired) electrons. The highest BCUT2D eigenvalue weighted by Gasteiger charge is 2.13. The highest BCUT2D eigenvalue weighted by Crippen LogP contribution is 2.09. The maximum Gasteiger partial charge on any atom is 0.306 e. The van der Waals surface area contributed by atoms with Gasteiger partial charge in [0.25, 0.3) is 0 Å². The molecule has 0 aliphatic rings. The normalized spacial score (nSPS) is 12.2. The van der Waals surface area contributed by atoms with Crippen LogP contribution >= 0.6 is 0 Å². The third-order valence-electron chi connectivity index (χ3n) is 2.93. The van der Waals surface area contributed by atoms with E-state index in [1.165, 1.54) is 0 Å². The molecule has 0 fully saturated rings. The van der Waals surface area contributed by atoms with Gasteiger partial charge in [0.15, 0.2) is 0 Å². The summed E-state index contributed by atoms with van der Waals surface area (Å²) in [7, 11) is 0. The van der Waals surface area contributed by atoms with Crippen molar-refractivity contribution in [1.29, 1.82) is 0 Å². The topological polar surface area (TPSA) is 52.6 Å². The Balaban J connectivity index is 3.60. The minimum atomic E-state index is -0.318. The molecule has 0 amide bonds. The van der Waals surface area contributed by atoms with Crippen LogP contribution in [0.4, 0.5) is 0 Å². The van der Waals surface area contributed by atoms with Crippen molar-refractivity contribution in [3.63, 3.8) is 0 Å². The first-order valence-electron chi connectivity index (χ1n) is 7.80. The van der Waals surface area contributed by atoms with Gasteiger partial charge in [0, 0.05) is 0 Å². The average molecular weight is 286 g/mol. The molecule has 118 valence electrons. The molecule has 0 bridgehead atoms. The number of rotatable bonds is 11. The van der Waals surface area contributed by atoms with Crippen LogP contribution in [-0.4, -0.2) is 24.6 Å². The van der Waals surface area contributed by atoms with Crippen LogP contribution in [0.15, 0.2) is 0 Å². The Hall–Kier alpha value is -1.06. The lowest BCUT2D eigenvalue weighted by molar-refractivity contribution is -0.153. The van der Waals surface area contributed by atoms with Crippen molar-refractivity contribution >= 4 is 11.9 Å². The van der Waals surface area contributed by atoms with Crippen molar-refractivity contribution in [2.75, 3.05) is 6.61 Å². The monoisotopic (exact) mass is 286 g/mol. The summed E-state index contributed by atoms with van der Waals surface area (Å²) in [5, 5.41) is 0. The minimum Gasteiger partial charge on any atom is -0.466 e. The molecule has 20 heavy (non-hydrogen) atoms. The van der Waals surface area contributed by atoms with Crippen molar-refractivity contribution in [3.8, 4) is 0 Å². The SMILES string of the molecule is CCCCCCOC(=O)CCC(=O)OC(C)CC(C)C. The van der Waals surface area contributed by atoms with E-state index in [1.54, 1.807) is 0 Å². The van der Waals surface area contributed by atoms with Gasteiger partial charge >= 0.3 is 11.9 Å². The molecule has 0 aliphatic carbocycles. The highest BCUT2D eigenvalue weighted by molar-refractivity contribution is 5.77. The number of carbonyl (C=O) groups is 2. The maximum atomic E-state index is 11.5. The zero-order valence-corrected chi connectivity index (χ0v) is 13.4. The van der Waals surface area contributed by atoms with Gasteiger partial charge in [-0.2, -0.15) is 0 Å². The molecule has 4 nitrogen and oxygen atoms in total. The first kappa shape index (κ1) is 18.9. The Morgan fingerprint density at radius 2 is 1.60 bits per heavy atom. The summed E-state index contributed by atoms with van der Waals surface area (Å²) < 4.78 is 10.3. The van der Waals surface area contributed by atoms with Gasteiger partial charge in [-0.25, -0.2) is 0 Å².